The van der Waals surface area contributed by atoms with Gasteiger partial charge in [-0.1, -0.05) is 18.5 Å². The minimum absolute atomic E-state index is 0.156. The molecule has 1 aromatic heterocycles. The fourth-order valence-corrected chi connectivity index (χ4v) is 1.07. The van der Waals surface area contributed by atoms with Gasteiger partial charge in [0.05, 0.1) is 0 Å². The number of hydrogen-bond donors (Lipinski definition) is 1. The molecule has 1 atom stereocenters. The molecule has 14 heavy (non-hydrogen) atoms. The maximum atomic E-state index is 10.7. The van der Waals surface area contributed by atoms with Crippen LogP contribution in [-0.2, 0) is 4.79 Å². The topological polar surface area (TPSA) is 59.4 Å². The van der Waals surface area contributed by atoms with E-state index in [0.29, 0.717) is 11.4 Å². The lowest BCUT2D eigenvalue weighted by molar-refractivity contribution is -0.145. The van der Waals surface area contributed by atoms with Gasteiger partial charge >= 0.3 is 5.97 Å². The molecule has 0 bridgehead atoms. The average Bonchev–Trinajstić information content (AvgIpc) is 2.16. The van der Waals surface area contributed by atoms with Crippen LogP contribution in [0.5, 0.6) is 5.88 Å². The molecule has 1 N–H and O–H groups in total. The van der Waals surface area contributed by atoms with E-state index in [1.165, 1.54) is 6.20 Å². The lowest BCUT2D eigenvalue weighted by Crippen LogP contribution is -2.26. The van der Waals surface area contributed by atoms with Gasteiger partial charge < -0.3 is 9.84 Å². The Balaban J connectivity index is 2.77. The molecular weight excluding hydrogens is 206 g/mol. The molecule has 0 aliphatic heterocycles. The molecule has 1 aromatic rings. The summed E-state index contributed by atoms with van der Waals surface area (Å²) >= 11 is 5.75. The van der Waals surface area contributed by atoms with Crippen molar-refractivity contribution in [3.8, 4) is 5.88 Å². The van der Waals surface area contributed by atoms with E-state index in [2.05, 4.69) is 4.98 Å². The van der Waals surface area contributed by atoms with Crippen molar-refractivity contribution in [3.05, 3.63) is 23.4 Å². The zero-order chi connectivity index (χ0) is 10.6. The molecule has 5 heteroatoms. The van der Waals surface area contributed by atoms with Crippen LogP contribution in [0.3, 0.4) is 0 Å². The Labute approximate surface area is 86.5 Å². The maximum absolute atomic E-state index is 10.7. The summed E-state index contributed by atoms with van der Waals surface area (Å²) in [5.74, 6) is -0.863. The van der Waals surface area contributed by atoms with Crippen molar-refractivity contribution < 1.29 is 14.6 Å². The summed E-state index contributed by atoms with van der Waals surface area (Å²) in [6.45, 7) is 1.72. The predicted molar refractivity (Wildman–Crippen MR) is 51.6 cm³/mol. The normalized spacial score (nSPS) is 12.1. The van der Waals surface area contributed by atoms with Gasteiger partial charge in [-0.3, -0.25) is 0 Å². The van der Waals surface area contributed by atoms with Crippen molar-refractivity contribution in [2.45, 2.75) is 19.4 Å². The number of pyridine rings is 1. The Morgan fingerprint density at radius 2 is 2.50 bits per heavy atom. The summed E-state index contributed by atoms with van der Waals surface area (Å²) in [5, 5.41) is 9.04. The van der Waals surface area contributed by atoms with E-state index in [-0.39, 0.29) is 5.88 Å². The summed E-state index contributed by atoms with van der Waals surface area (Å²) in [5.41, 5.74) is 0. The molecular formula is C9H10ClNO3. The molecule has 0 aromatic carbocycles. The van der Waals surface area contributed by atoms with Crippen LogP contribution in [0.4, 0.5) is 0 Å². The van der Waals surface area contributed by atoms with Crippen molar-refractivity contribution in [2.24, 2.45) is 0 Å². The number of ether oxygens (including phenoxy) is 1. The van der Waals surface area contributed by atoms with E-state index in [1.54, 1.807) is 19.1 Å². The Hall–Kier alpha value is -1.29. The standard InChI is InChI=1S/C9H10ClNO3/c1-2-7(9(12)13)14-8-6(10)4-3-5-11-8/h3-5,7H,2H2,1H3,(H,12,13). The minimum Gasteiger partial charge on any atom is -0.479 e. The second-order valence-corrected chi connectivity index (χ2v) is 3.05. The highest BCUT2D eigenvalue weighted by Crippen LogP contribution is 2.21. The highest BCUT2D eigenvalue weighted by atomic mass is 35.5. The molecule has 1 heterocycles. The number of aliphatic carboxylic acids is 1. The van der Waals surface area contributed by atoms with E-state index < -0.39 is 12.1 Å². The van der Waals surface area contributed by atoms with E-state index in [1.807, 2.05) is 0 Å². The first kappa shape index (κ1) is 10.8. The SMILES string of the molecule is CCC(Oc1ncccc1Cl)C(=O)O. The van der Waals surface area contributed by atoms with Crippen LogP contribution in [0.2, 0.25) is 5.02 Å². The minimum atomic E-state index is -1.02. The van der Waals surface area contributed by atoms with E-state index in [4.69, 9.17) is 21.4 Å². The van der Waals surface area contributed by atoms with Crippen LogP contribution in [0, 0.1) is 0 Å². The third kappa shape index (κ3) is 2.60. The zero-order valence-corrected chi connectivity index (χ0v) is 8.36. The molecule has 0 fully saturated rings. The quantitative estimate of drug-likeness (QED) is 0.834. The lowest BCUT2D eigenvalue weighted by atomic mass is 10.3. The number of rotatable bonds is 4. The summed E-state index contributed by atoms with van der Waals surface area (Å²) in [7, 11) is 0. The summed E-state index contributed by atoms with van der Waals surface area (Å²) in [6, 6.07) is 3.25. The van der Waals surface area contributed by atoms with E-state index >= 15 is 0 Å². The number of carbonyl (C=O) groups is 1. The Morgan fingerprint density at radius 3 is 3.00 bits per heavy atom. The number of halogens is 1. The second kappa shape index (κ2) is 4.81. The van der Waals surface area contributed by atoms with Crippen LogP contribution in [-0.4, -0.2) is 22.2 Å². The average molecular weight is 216 g/mol. The molecule has 1 unspecified atom stereocenters. The van der Waals surface area contributed by atoms with Crippen LogP contribution in [0.15, 0.2) is 18.3 Å². The van der Waals surface area contributed by atoms with Gasteiger partial charge in [-0.15, -0.1) is 0 Å². The van der Waals surface area contributed by atoms with Crippen molar-refractivity contribution in [3.63, 3.8) is 0 Å². The zero-order valence-electron chi connectivity index (χ0n) is 7.61. The number of aromatic nitrogens is 1. The molecule has 0 saturated carbocycles. The largest absolute Gasteiger partial charge is 0.479 e. The molecule has 0 aliphatic carbocycles. The van der Waals surface area contributed by atoms with Crippen molar-refractivity contribution >= 4 is 17.6 Å². The van der Waals surface area contributed by atoms with Crippen LogP contribution in [0.25, 0.3) is 0 Å². The number of nitrogens with zero attached hydrogens (tertiary/aromatic N) is 1. The van der Waals surface area contributed by atoms with Gasteiger partial charge in [0.15, 0.2) is 6.10 Å². The Morgan fingerprint density at radius 1 is 1.79 bits per heavy atom. The fourth-order valence-electron chi connectivity index (χ4n) is 0.901. The fraction of sp³-hybridized carbons (Fsp3) is 0.333. The third-order valence-corrected chi connectivity index (χ3v) is 1.91. The van der Waals surface area contributed by atoms with Gasteiger partial charge in [0.1, 0.15) is 5.02 Å². The Kier molecular flexibility index (Phi) is 3.71. The summed E-state index contributed by atoms with van der Waals surface area (Å²) < 4.78 is 5.11. The smallest absolute Gasteiger partial charge is 0.344 e. The molecule has 1 rings (SSSR count). The van der Waals surface area contributed by atoms with Gasteiger partial charge in [-0.2, -0.15) is 0 Å². The van der Waals surface area contributed by atoms with Crippen LogP contribution in [0.1, 0.15) is 13.3 Å². The van der Waals surface area contributed by atoms with Crippen LogP contribution >= 0.6 is 11.6 Å². The number of hydrogen-bond acceptors (Lipinski definition) is 3. The van der Waals surface area contributed by atoms with Gasteiger partial charge in [0.2, 0.25) is 5.88 Å². The molecule has 4 nitrogen and oxygen atoms in total. The van der Waals surface area contributed by atoms with E-state index in [9.17, 15) is 4.79 Å². The summed E-state index contributed by atoms with van der Waals surface area (Å²) in [4.78, 5) is 14.5. The monoisotopic (exact) mass is 215 g/mol. The first-order chi connectivity index (χ1) is 6.65. The number of carboxylic acid groups (broad SMARTS) is 1. The lowest BCUT2D eigenvalue weighted by Gasteiger charge is -2.12. The van der Waals surface area contributed by atoms with E-state index in [0.717, 1.165) is 0 Å². The molecule has 0 radical (unpaired) electrons. The highest BCUT2D eigenvalue weighted by Gasteiger charge is 2.18. The molecule has 0 aliphatic rings. The molecule has 0 spiro atoms. The third-order valence-electron chi connectivity index (χ3n) is 1.62. The molecule has 0 saturated heterocycles. The van der Waals surface area contributed by atoms with Crippen molar-refractivity contribution in [1.82, 2.24) is 4.98 Å². The van der Waals surface area contributed by atoms with Crippen LogP contribution < -0.4 is 4.74 Å². The maximum Gasteiger partial charge on any atom is 0.344 e. The van der Waals surface area contributed by atoms with Crippen molar-refractivity contribution in [2.75, 3.05) is 0 Å². The second-order valence-electron chi connectivity index (χ2n) is 2.64. The van der Waals surface area contributed by atoms with Gasteiger partial charge in [-0.25, -0.2) is 9.78 Å². The first-order valence-corrected chi connectivity index (χ1v) is 4.53. The molecule has 0 amide bonds. The van der Waals surface area contributed by atoms with Gasteiger partial charge in [0.25, 0.3) is 0 Å². The molecule has 76 valence electrons. The predicted octanol–water partition coefficient (Wildman–Crippen LogP) is 1.98. The van der Waals surface area contributed by atoms with Gasteiger partial charge in [-0.05, 0) is 18.6 Å². The van der Waals surface area contributed by atoms with Gasteiger partial charge in [0, 0.05) is 6.20 Å². The number of carboxylic acids is 1. The first-order valence-electron chi connectivity index (χ1n) is 4.15. The Bertz CT molecular complexity index is 330. The highest BCUT2D eigenvalue weighted by molar-refractivity contribution is 6.31. The summed E-state index contributed by atoms with van der Waals surface area (Å²) in [6.07, 6.45) is 0.959. The van der Waals surface area contributed by atoms with Crippen molar-refractivity contribution in [1.29, 1.82) is 0 Å².